The van der Waals surface area contributed by atoms with Gasteiger partial charge in [-0.05, 0) is 32.1 Å². The van der Waals surface area contributed by atoms with E-state index in [2.05, 4.69) is 5.32 Å². The van der Waals surface area contributed by atoms with E-state index in [1.165, 1.54) is 0 Å². The first-order chi connectivity index (χ1) is 8.11. The molecule has 2 rings (SSSR count). The van der Waals surface area contributed by atoms with Crippen molar-refractivity contribution in [3.05, 3.63) is 0 Å². The van der Waals surface area contributed by atoms with Gasteiger partial charge in [-0.1, -0.05) is 6.92 Å². The molecule has 5 nitrogen and oxygen atoms in total. The van der Waals surface area contributed by atoms with E-state index in [4.69, 9.17) is 0 Å². The molecule has 1 atom stereocenters. The summed E-state index contributed by atoms with van der Waals surface area (Å²) in [7, 11) is 0. The summed E-state index contributed by atoms with van der Waals surface area (Å²) < 4.78 is 0. The SMILES string of the molecule is CCC1C(=O)NC(=O)CN1C1CCC(O)CC1. The maximum Gasteiger partial charge on any atom is 0.243 e. The molecule has 0 bridgehead atoms. The largest absolute Gasteiger partial charge is 0.393 e. The quantitative estimate of drug-likeness (QED) is 0.668. The van der Waals surface area contributed by atoms with E-state index in [0.29, 0.717) is 6.54 Å². The van der Waals surface area contributed by atoms with Crippen LogP contribution < -0.4 is 5.32 Å². The van der Waals surface area contributed by atoms with Crippen molar-refractivity contribution in [2.45, 2.75) is 57.2 Å². The molecule has 1 unspecified atom stereocenters. The molecule has 2 amide bonds. The van der Waals surface area contributed by atoms with Gasteiger partial charge in [0.25, 0.3) is 0 Å². The molecular weight excluding hydrogens is 220 g/mol. The molecule has 1 saturated heterocycles. The van der Waals surface area contributed by atoms with Crippen molar-refractivity contribution in [1.82, 2.24) is 10.2 Å². The minimum atomic E-state index is -0.208. The number of carbonyl (C=O) groups is 2. The third-order valence-electron chi connectivity index (χ3n) is 3.81. The van der Waals surface area contributed by atoms with Crippen LogP contribution in [0.2, 0.25) is 0 Å². The molecule has 5 heteroatoms. The normalized spacial score (nSPS) is 35.8. The van der Waals surface area contributed by atoms with Crippen LogP contribution in [-0.4, -0.2) is 46.6 Å². The third kappa shape index (κ3) is 2.66. The van der Waals surface area contributed by atoms with Gasteiger partial charge < -0.3 is 5.11 Å². The van der Waals surface area contributed by atoms with Crippen LogP contribution in [0.15, 0.2) is 0 Å². The predicted molar refractivity (Wildman–Crippen MR) is 62.2 cm³/mol. The minimum absolute atomic E-state index is 0.171. The standard InChI is InChI=1S/C12H20N2O3/c1-2-10-12(17)13-11(16)7-14(10)8-3-5-9(15)6-4-8/h8-10,15H,2-7H2,1H3,(H,13,16,17). The second kappa shape index (κ2) is 5.14. The highest BCUT2D eigenvalue weighted by molar-refractivity contribution is 6.01. The van der Waals surface area contributed by atoms with Crippen LogP contribution >= 0.6 is 0 Å². The monoisotopic (exact) mass is 240 g/mol. The summed E-state index contributed by atoms with van der Waals surface area (Å²) in [4.78, 5) is 25.2. The van der Waals surface area contributed by atoms with Crippen LogP contribution in [0.1, 0.15) is 39.0 Å². The van der Waals surface area contributed by atoms with E-state index in [-0.39, 0.29) is 30.0 Å². The van der Waals surface area contributed by atoms with Gasteiger partial charge in [0.05, 0.1) is 18.7 Å². The summed E-state index contributed by atoms with van der Waals surface area (Å²) in [5, 5.41) is 11.9. The first-order valence-electron chi connectivity index (χ1n) is 6.39. The van der Waals surface area contributed by atoms with Gasteiger partial charge in [0, 0.05) is 6.04 Å². The fourth-order valence-electron chi connectivity index (χ4n) is 2.88. The Morgan fingerprint density at radius 1 is 1.29 bits per heavy atom. The highest BCUT2D eigenvalue weighted by atomic mass is 16.3. The zero-order valence-corrected chi connectivity index (χ0v) is 10.2. The summed E-state index contributed by atoms with van der Waals surface area (Å²) in [6.07, 6.45) is 3.80. The van der Waals surface area contributed by atoms with Crippen molar-refractivity contribution in [3.8, 4) is 0 Å². The Bertz CT molecular complexity index is 311. The lowest BCUT2D eigenvalue weighted by atomic mass is 9.90. The number of nitrogens with zero attached hydrogens (tertiary/aromatic N) is 1. The summed E-state index contributed by atoms with van der Waals surface area (Å²) in [5.74, 6) is -0.374. The second-order valence-electron chi connectivity index (χ2n) is 4.97. The molecule has 1 aliphatic carbocycles. The van der Waals surface area contributed by atoms with Gasteiger partial charge in [-0.15, -0.1) is 0 Å². The molecule has 96 valence electrons. The van der Waals surface area contributed by atoms with Gasteiger partial charge in [-0.25, -0.2) is 0 Å². The number of rotatable bonds is 2. The molecular formula is C12H20N2O3. The van der Waals surface area contributed by atoms with E-state index in [1.807, 2.05) is 11.8 Å². The number of nitrogens with one attached hydrogen (secondary N) is 1. The zero-order chi connectivity index (χ0) is 12.4. The summed E-state index contributed by atoms with van der Waals surface area (Å²) in [6.45, 7) is 2.27. The van der Waals surface area contributed by atoms with Gasteiger partial charge in [0.2, 0.25) is 11.8 Å². The Morgan fingerprint density at radius 3 is 2.53 bits per heavy atom. The molecule has 1 heterocycles. The Hall–Kier alpha value is -0.940. The number of imide groups is 1. The summed E-state index contributed by atoms with van der Waals surface area (Å²) >= 11 is 0. The van der Waals surface area contributed by atoms with Crippen LogP contribution in [0.25, 0.3) is 0 Å². The number of carbonyl (C=O) groups excluding carboxylic acids is 2. The molecule has 2 aliphatic rings. The molecule has 0 aromatic carbocycles. The molecule has 0 spiro atoms. The number of hydrogen-bond donors (Lipinski definition) is 2. The van der Waals surface area contributed by atoms with Crippen LogP contribution in [0.4, 0.5) is 0 Å². The molecule has 2 N–H and O–H groups in total. The average molecular weight is 240 g/mol. The summed E-state index contributed by atoms with van der Waals surface area (Å²) in [6, 6.07) is 0.0753. The predicted octanol–water partition coefficient (Wildman–Crippen LogP) is 0.0269. The fraction of sp³-hybridized carbons (Fsp3) is 0.833. The molecule has 1 saturated carbocycles. The van der Waals surface area contributed by atoms with Crippen molar-refractivity contribution >= 4 is 11.8 Å². The van der Waals surface area contributed by atoms with Gasteiger partial charge in [-0.3, -0.25) is 19.8 Å². The van der Waals surface area contributed by atoms with Crippen LogP contribution in [-0.2, 0) is 9.59 Å². The zero-order valence-electron chi connectivity index (χ0n) is 10.2. The van der Waals surface area contributed by atoms with E-state index >= 15 is 0 Å². The number of piperazine rings is 1. The Kier molecular flexibility index (Phi) is 3.79. The first kappa shape index (κ1) is 12.5. The number of hydrogen-bond acceptors (Lipinski definition) is 4. The summed E-state index contributed by atoms with van der Waals surface area (Å²) in [5.41, 5.74) is 0. The van der Waals surface area contributed by atoms with Gasteiger partial charge in [-0.2, -0.15) is 0 Å². The molecule has 0 aromatic rings. The van der Waals surface area contributed by atoms with Crippen LogP contribution in [0, 0.1) is 0 Å². The lowest BCUT2D eigenvalue weighted by Gasteiger charge is -2.41. The van der Waals surface area contributed by atoms with Gasteiger partial charge in [0.1, 0.15) is 0 Å². The maximum absolute atomic E-state index is 11.7. The fourth-order valence-corrected chi connectivity index (χ4v) is 2.88. The van der Waals surface area contributed by atoms with Crippen molar-refractivity contribution in [1.29, 1.82) is 0 Å². The molecule has 17 heavy (non-hydrogen) atoms. The van der Waals surface area contributed by atoms with Crippen molar-refractivity contribution in [2.24, 2.45) is 0 Å². The van der Waals surface area contributed by atoms with E-state index < -0.39 is 0 Å². The second-order valence-corrected chi connectivity index (χ2v) is 4.97. The van der Waals surface area contributed by atoms with Gasteiger partial charge >= 0.3 is 0 Å². The Morgan fingerprint density at radius 2 is 1.94 bits per heavy atom. The number of aliphatic hydroxyl groups excluding tert-OH is 1. The van der Waals surface area contributed by atoms with Crippen molar-refractivity contribution in [2.75, 3.05) is 6.54 Å². The number of aliphatic hydroxyl groups is 1. The number of amides is 2. The van der Waals surface area contributed by atoms with Crippen LogP contribution in [0.5, 0.6) is 0 Å². The lowest BCUT2D eigenvalue weighted by molar-refractivity contribution is -0.142. The van der Waals surface area contributed by atoms with E-state index in [1.54, 1.807) is 0 Å². The van der Waals surface area contributed by atoms with Crippen molar-refractivity contribution in [3.63, 3.8) is 0 Å². The molecule has 0 radical (unpaired) electrons. The molecule has 2 fully saturated rings. The lowest BCUT2D eigenvalue weighted by Crippen LogP contribution is -2.61. The van der Waals surface area contributed by atoms with Crippen molar-refractivity contribution < 1.29 is 14.7 Å². The average Bonchev–Trinajstić information content (AvgIpc) is 2.29. The highest BCUT2D eigenvalue weighted by Crippen LogP contribution is 2.26. The smallest absolute Gasteiger partial charge is 0.243 e. The van der Waals surface area contributed by atoms with E-state index in [0.717, 1.165) is 32.1 Å². The topological polar surface area (TPSA) is 69.6 Å². The Labute approximate surface area is 101 Å². The maximum atomic E-state index is 11.7. The highest BCUT2D eigenvalue weighted by Gasteiger charge is 2.37. The third-order valence-corrected chi connectivity index (χ3v) is 3.81. The first-order valence-corrected chi connectivity index (χ1v) is 6.39. The van der Waals surface area contributed by atoms with Gasteiger partial charge in [0.15, 0.2) is 0 Å². The minimum Gasteiger partial charge on any atom is -0.393 e. The molecule has 0 aromatic heterocycles. The van der Waals surface area contributed by atoms with Crippen LogP contribution in [0.3, 0.4) is 0 Å². The van der Waals surface area contributed by atoms with E-state index in [9.17, 15) is 14.7 Å². The molecule has 1 aliphatic heterocycles. The Balaban J connectivity index is 2.06.